The number of furan rings is 1. The minimum atomic E-state index is -2.35. The molecule has 6 heteroatoms. The Bertz CT molecular complexity index is 2640. The maximum absolute atomic E-state index is 8.53. The molecule has 4 aromatic heterocycles. The van der Waals surface area contributed by atoms with E-state index in [1.54, 1.807) is 31.3 Å². The molecule has 0 aliphatic heterocycles. The van der Waals surface area contributed by atoms with Crippen LogP contribution in [0.1, 0.15) is 73.3 Å². The van der Waals surface area contributed by atoms with E-state index in [4.69, 9.17) is 14.9 Å². The summed E-state index contributed by atoms with van der Waals surface area (Å²) in [4.78, 5) is 13.9. The number of pyridine rings is 2. The molecule has 4 nitrogen and oxygen atoms in total. The van der Waals surface area contributed by atoms with Gasteiger partial charge in [0, 0.05) is 48.8 Å². The van der Waals surface area contributed by atoms with Crippen molar-refractivity contribution in [3.05, 3.63) is 137 Å². The Kier molecular flexibility index (Phi) is 8.97. The molecule has 0 atom stereocenters. The summed E-state index contributed by atoms with van der Waals surface area (Å²) >= 11 is 1.67. The summed E-state index contributed by atoms with van der Waals surface area (Å²) in [6.07, 6.45) is 3.29. The van der Waals surface area contributed by atoms with Gasteiger partial charge in [-0.1, -0.05) is 101 Å². The van der Waals surface area contributed by atoms with Gasteiger partial charge in [0.15, 0.2) is 0 Å². The first-order chi connectivity index (χ1) is 25.5. The third kappa shape index (κ3) is 7.32. The summed E-state index contributed by atoms with van der Waals surface area (Å²) < 4.78 is 39.6. The molecule has 0 spiro atoms. The Balaban J connectivity index is 0.000000209. The predicted octanol–water partition coefficient (Wildman–Crippen LogP) is 12.6. The Morgan fingerprint density at radius 3 is 2.29 bits per heavy atom. The molecule has 0 aliphatic rings. The van der Waals surface area contributed by atoms with Crippen molar-refractivity contribution in [1.29, 1.82) is 0 Å². The van der Waals surface area contributed by atoms with Gasteiger partial charge in [0.1, 0.15) is 11.1 Å². The molecular weight excluding hydrogens is 823 g/mol. The Labute approximate surface area is 324 Å². The zero-order valence-electron chi connectivity index (χ0n) is 33.7. The number of hydrogen-bond acceptors (Lipinski definition) is 5. The second-order valence-corrected chi connectivity index (χ2v) is 14.9. The maximum Gasteiger partial charge on any atom is 0.148 e. The Morgan fingerprint density at radius 1 is 0.843 bits per heavy atom. The van der Waals surface area contributed by atoms with Crippen molar-refractivity contribution in [3.8, 4) is 33.6 Å². The van der Waals surface area contributed by atoms with Crippen molar-refractivity contribution in [3.63, 3.8) is 0 Å². The van der Waals surface area contributed by atoms with E-state index in [0.717, 1.165) is 42.8 Å². The van der Waals surface area contributed by atoms with Gasteiger partial charge in [-0.05, 0) is 64.9 Å². The predicted molar refractivity (Wildman–Crippen MR) is 210 cm³/mol. The summed E-state index contributed by atoms with van der Waals surface area (Å²) in [7, 11) is 0. The van der Waals surface area contributed by atoms with Crippen molar-refractivity contribution in [1.82, 2.24) is 15.0 Å². The number of hydrogen-bond donors (Lipinski definition) is 0. The van der Waals surface area contributed by atoms with Crippen LogP contribution in [0.5, 0.6) is 0 Å². The fourth-order valence-electron chi connectivity index (χ4n) is 5.97. The van der Waals surface area contributed by atoms with Crippen LogP contribution in [0.3, 0.4) is 0 Å². The smallest absolute Gasteiger partial charge is 0.148 e. The van der Waals surface area contributed by atoms with Crippen molar-refractivity contribution < 1.29 is 30.0 Å². The third-order valence-corrected chi connectivity index (χ3v) is 10.2. The molecular formula is C45H41IrN3OS-2. The molecule has 0 bridgehead atoms. The van der Waals surface area contributed by atoms with E-state index >= 15 is 0 Å². The molecule has 8 aromatic rings. The van der Waals surface area contributed by atoms with Crippen LogP contribution in [0, 0.1) is 32.8 Å². The minimum Gasteiger partial charge on any atom is -0.498 e. The van der Waals surface area contributed by atoms with Crippen LogP contribution >= 0.6 is 11.3 Å². The average Bonchev–Trinajstić information content (AvgIpc) is 3.75. The Hall–Kier alpha value is -4.48. The van der Waals surface area contributed by atoms with E-state index in [2.05, 4.69) is 111 Å². The summed E-state index contributed by atoms with van der Waals surface area (Å²) in [6.45, 7) is 11.6. The van der Waals surface area contributed by atoms with Crippen LogP contribution in [0.25, 0.3) is 65.8 Å². The first-order valence-electron chi connectivity index (χ1n) is 18.7. The monoisotopic (exact) mass is 868 g/mol. The standard InChI is InChI=1S/C26H25N2OS.C19H16N.Ir/c1-14(2)19-12-20(27-13-15(19)3)18-9-7-8-16-17-10-11-21-22(24(17)29-23(16)18)28-25(30-21)26(4,5)6;1-14-8-10-17(11-9-14)19-12-18(15(2)13-20-19)16-6-4-3-5-7-16;/h7-8,10-14H,1-6H3;3-10,12-13H,1-2H3;/q2*-1;/i3D3,14D;;. The van der Waals surface area contributed by atoms with Crippen LogP contribution in [-0.4, -0.2) is 15.0 Å². The van der Waals surface area contributed by atoms with Crippen molar-refractivity contribution in [2.45, 2.75) is 66.6 Å². The van der Waals surface area contributed by atoms with E-state index < -0.39 is 12.7 Å². The molecule has 259 valence electrons. The van der Waals surface area contributed by atoms with E-state index in [0.29, 0.717) is 22.4 Å². The number of rotatable bonds is 4. The number of thiazole rings is 1. The van der Waals surface area contributed by atoms with Gasteiger partial charge in [-0.15, -0.1) is 64.9 Å². The minimum absolute atomic E-state index is 0. The van der Waals surface area contributed by atoms with Crippen LogP contribution in [0.4, 0.5) is 0 Å². The molecule has 0 unspecified atom stereocenters. The summed E-state index contributed by atoms with van der Waals surface area (Å²) in [5, 5.41) is 2.93. The van der Waals surface area contributed by atoms with E-state index in [1.807, 2.05) is 30.5 Å². The molecule has 0 fully saturated rings. The molecule has 0 N–H and O–H groups in total. The molecule has 51 heavy (non-hydrogen) atoms. The number of aromatic nitrogens is 3. The second kappa shape index (κ2) is 14.6. The molecule has 0 saturated heterocycles. The van der Waals surface area contributed by atoms with Gasteiger partial charge < -0.3 is 14.4 Å². The second-order valence-electron chi connectivity index (χ2n) is 13.9. The molecule has 1 radical (unpaired) electrons. The summed E-state index contributed by atoms with van der Waals surface area (Å²) in [5.41, 5.74) is 10.6. The van der Waals surface area contributed by atoms with Gasteiger partial charge in [-0.2, -0.15) is 0 Å². The van der Waals surface area contributed by atoms with Gasteiger partial charge in [0.2, 0.25) is 0 Å². The van der Waals surface area contributed by atoms with Crippen molar-refractivity contribution in [2.75, 3.05) is 0 Å². The molecule has 8 rings (SSSR count). The largest absolute Gasteiger partial charge is 0.498 e. The molecule has 0 amide bonds. The van der Waals surface area contributed by atoms with Crippen molar-refractivity contribution in [2.24, 2.45) is 0 Å². The number of aryl methyl sites for hydroxylation is 3. The van der Waals surface area contributed by atoms with Gasteiger partial charge in [-0.3, -0.25) is 0 Å². The first kappa shape index (κ1) is 31.3. The zero-order chi connectivity index (χ0) is 38.6. The van der Waals surface area contributed by atoms with Crippen molar-refractivity contribution >= 4 is 43.5 Å². The van der Waals surface area contributed by atoms with Crippen LogP contribution in [0.2, 0.25) is 0 Å². The summed E-state index contributed by atoms with van der Waals surface area (Å²) in [5.74, 6) is -1.11. The van der Waals surface area contributed by atoms with Gasteiger partial charge in [0.05, 0.1) is 15.3 Å². The SMILES string of the molecule is Cc1c[c-]c(-c2cc(-c3ccccc3)c(C)cn2)cc1.[2H]C([2H])([2H])c1cnc(-c2[c-]ccc3c2oc2c3ccc3sc(C(C)(C)C)nc32)cc1C([2H])(C)C.[Ir]. The quantitative estimate of drug-likeness (QED) is 0.165. The first-order valence-corrected chi connectivity index (χ1v) is 17.5. The van der Waals surface area contributed by atoms with Crippen LogP contribution < -0.4 is 0 Å². The summed E-state index contributed by atoms with van der Waals surface area (Å²) in [6, 6.07) is 34.8. The molecule has 4 aromatic carbocycles. The molecule has 4 heterocycles. The maximum atomic E-state index is 8.53. The van der Waals surface area contributed by atoms with Crippen LogP contribution in [-0.2, 0) is 25.5 Å². The number of benzene rings is 4. The van der Waals surface area contributed by atoms with Gasteiger partial charge in [0.25, 0.3) is 0 Å². The number of nitrogens with zero attached hydrogens (tertiary/aromatic N) is 3. The topological polar surface area (TPSA) is 51.8 Å². The van der Waals surface area contributed by atoms with E-state index in [9.17, 15) is 0 Å². The fourth-order valence-corrected chi connectivity index (χ4v) is 6.99. The van der Waals surface area contributed by atoms with Gasteiger partial charge in [-0.25, -0.2) is 4.98 Å². The van der Waals surface area contributed by atoms with Gasteiger partial charge >= 0.3 is 0 Å². The molecule has 0 saturated carbocycles. The fraction of sp³-hybridized carbons (Fsp3) is 0.222. The van der Waals surface area contributed by atoms with E-state index in [1.165, 1.54) is 28.5 Å². The number of fused-ring (bicyclic) bond motifs is 5. The average molecular weight is 868 g/mol. The molecule has 0 aliphatic carbocycles. The normalized spacial score (nSPS) is 13.2. The zero-order valence-corrected chi connectivity index (χ0v) is 32.9. The Morgan fingerprint density at radius 2 is 1.59 bits per heavy atom. The third-order valence-electron chi connectivity index (χ3n) is 8.73. The van der Waals surface area contributed by atoms with Crippen LogP contribution in [0.15, 0.2) is 102 Å². The van der Waals surface area contributed by atoms with E-state index in [-0.39, 0.29) is 31.1 Å².